The smallest absolute Gasteiger partial charge is 0.0241 e. The van der Waals surface area contributed by atoms with Gasteiger partial charge in [0.1, 0.15) is 0 Å². The number of rotatable bonds is 2. The summed E-state index contributed by atoms with van der Waals surface area (Å²) in [4.78, 5) is 0. The molecule has 0 radical (unpaired) electrons. The number of alkyl halides is 1. The Morgan fingerprint density at radius 3 is 2.00 bits per heavy atom. The van der Waals surface area contributed by atoms with Gasteiger partial charge in [0.25, 0.3) is 0 Å². The molecule has 0 aromatic carbocycles. The van der Waals surface area contributed by atoms with Gasteiger partial charge in [0.05, 0.1) is 0 Å². The zero-order chi connectivity index (χ0) is 8.20. The Kier molecular flexibility index (Phi) is 4.26. The van der Waals surface area contributed by atoms with Gasteiger partial charge < -0.3 is 0 Å². The maximum absolute atomic E-state index is 3.46. The van der Waals surface area contributed by atoms with Crippen LogP contribution in [0.5, 0.6) is 0 Å². The second kappa shape index (κ2) is 4.17. The van der Waals surface area contributed by atoms with Gasteiger partial charge in [0, 0.05) is 5.33 Å². The van der Waals surface area contributed by atoms with E-state index in [0.29, 0.717) is 5.41 Å². The van der Waals surface area contributed by atoms with Crippen LogP contribution in [0.15, 0.2) is 11.6 Å². The van der Waals surface area contributed by atoms with E-state index in [1.54, 1.807) is 0 Å². The van der Waals surface area contributed by atoms with Crippen LogP contribution in [-0.4, -0.2) is 5.33 Å². The summed E-state index contributed by atoms with van der Waals surface area (Å²) in [5.41, 5.74) is 1.83. The van der Waals surface area contributed by atoms with Crippen LogP contribution >= 0.6 is 15.9 Å². The lowest BCUT2D eigenvalue weighted by molar-refractivity contribution is 0.538. The van der Waals surface area contributed by atoms with Crippen LogP contribution in [0, 0.1) is 5.41 Å². The highest BCUT2D eigenvalue weighted by Crippen LogP contribution is 2.19. The van der Waals surface area contributed by atoms with E-state index in [-0.39, 0.29) is 0 Å². The summed E-state index contributed by atoms with van der Waals surface area (Å²) < 4.78 is 0. The molecule has 0 aromatic rings. The summed E-state index contributed by atoms with van der Waals surface area (Å²) in [5.74, 6) is 0. The molecule has 0 aliphatic heterocycles. The quantitative estimate of drug-likeness (QED) is 0.475. The van der Waals surface area contributed by atoms with E-state index in [9.17, 15) is 0 Å². The molecule has 0 saturated carbocycles. The fraction of sp³-hybridized carbons (Fsp3) is 0.778. The molecule has 0 spiro atoms. The SMILES string of the molecule is CCC(=CC(C)(C)C)CBr. The molecule has 0 rings (SSSR count). The van der Waals surface area contributed by atoms with Crippen molar-refractivity contribution >= 4 is 15.9 Å². The standard InChI is InChI=1S/C9H17Br/c1-5-8(7-10)6-9(2,3)4/h6H,5,7H2,1-4H3. The van der Waals surface area contributed by atoms with Crippen molar-refractivity contribution < 1.29 is 0 Å². The predicted octanol–water partition coefficient (Wildman–Crippen LogP) is 3.76. The molecule has 0 fully saturated rings. The maximum atomic E-state index is 3.46. The first kappa shape index (κ1) is 10.2. The molecule has 0 atom stereocenters. The highest BCUT2D eigenvalue weighted by atomic mass is 79.9. The molecule has 0 unspecified atom stereocenters. The van der Waals surface area contributed by atoms with Gasteiger partial charge >= 0.3 is 0 Å². The number of allylic oxidation sites excluding steroid dienone is 2. The maximum Gasteiger partial charge on any atom is 0.0241 e. The molecule has 0 aliphatic carbocycles. The van der Waals surface area contributed by atoms with Gasteiger partial charge in [-0.25, -0.2) is 0 Å². The number of halogens is 1. The normalized spacial score (nSPS) is 13.9. The Hall–Kier alpha value is 0.220. The minimum atomic E-state index is 0.332. The zero-order valence-electron chi connectivity index (χ0n) is 7.37. The van der Waals surface area contributed by atoms with Crippen molar-refractivity contribution in [2.75, 3.05) is 5.33 Å². The molecule has 0 amide bonds. The molecule has 0 heterocycles. The summed E-state index contributed by atoms with van der Waals surface area (Å²) in [7, 11) is 0. The van der Waals surface area contributed by atoms with Crippen LogP contribution < -0.4 is 0 Å². The Bertz CT molecular complexity index is 111. The van der Waals surface area contributed by atoms with Crippen molar-refractivity contribution in [3.05, 3.63) is 11.6 Å². The Balaban J connectivity index is 4.11. The van der Waals surface area contributed by atoms with Gasteiger partial charge in [0.15, 0.2) is 0 Å². The third kappa shape index (κ3) is 5.04. The van der Waals surface area contributed by atoms with E-state index in [1.165, 1.54) is 5.57 Å². The molecule has 10 heavy (non-hydrogen) atoms. The van der Waals surface area contributed by atoms with E-state index in [0.717, 1.165) is 11.8 Å². The molecule has 0 N–H and O–H groups in total. The Morgan fingerprint density at radius 2 is 1.90 bits per heavy atom. The fourth-order valence-electron chi connectivity index (χ4n) is 0.848. The first-order valence-electron chi connectivity index (χ1n) is 3.76. The summed E-state index contributed by atoms with van der Waals surface area (Å²) in [6.45, 7) is 8.88. The van der Waals surface area contributed by atoms with Crippen molar-refractivity contribution in [1.82, 2.24) is 0 Å². The van der Waals surface area contributed by atoms with E-state index in [4.69, 9.17) is 0 Å². The van der Waals surface area contributed by atoms with Gasteiger partial charge in [-0.05, 0) is 11.8 Å². The first-order chi connectivity index (χ1) is 4.49. The molecular weight excluding hydrogens is 188 g/mol. The van der Waals surface area contributed by atoms with Crippen molar-refractivity contribution in [3.63, 3.8) is 0 Å². The predicted molar refractivity (Wildman–Crippen MR) is 51.6 cm³/mol. The Morgan fingerprint density at radius 1 is 1.40 bits per heavy atom. The molecule has 1 heteroatoms. The monoisotopic (exact) mass is 204 g/mol. The molecule has 0 nitrogen and oxygen atoms in total. The zero-order valence-corrected chi connectivity index (χ0v) is 8.96. The summed E-state index contributed by atoms with van der Waals surface area (Å²) in [6, 6.07) is 0. The molecule has 0 aliphatic rings. The molecule has 0 saturated heterocycles. The lowest BCUT2D eigenvalue weighted by atomic mass is 9.93. The van der Waals surface area contributed by atoms with Crippen molar-refractivity contribution in [2.24, 2.45) is 5.41 Å². The van der Waals surface area contributed by atoms with E-state index in [2.05, 4.69) is 49.7 Å². The third-order valence-corrected chi connectivity index (χ3v) is 1.98. The van der Waals surface area contributed by atoms with Crippen molar-refractivity contribution in [2.45, 2.75) is 34.1 Å². The van der Waals surface area contributed by atoms with Gasteiger partial charge in [0.2, 0.25) is 0 Å². The average Bonchev–Trinajstić information content (AvgIpc) is 1.81. The highest BCUT2D eigenvalue weighted by molar-refractivity contribution is 9.09. The average molecular weight is 205 g/mol. The summed E-state index contributed by atoms with van der Waals surface area (Å²) in [6.07, 6.45) is 3.49. The van der Waals surface area contributed by atoms with Gasteiger partial charge in [-0.3, -0.25) is 0 Å². The van der Waals surface area contributed by atoms with Crippen molar-refractivity contribution in [3.8, 4) is 0 Å². The van der Waals surface area contributed by atoms with Crippen LogP contribution in [0.25, 0.3) is 0 Å². The third-order valence-electron chi connectivity index (χ3n) is 1.26. The lowest BCUT2D eigenvalue weighted by Crippen LogP contribution is -2.01. The summed E-state index contributed by atoms with van der Waals surface area (Å²) in [5, 5.41) is 1.01. The summed E-state index contributed by atoms with van der Waals surface area (Å²) >= 11 is 3.46. The van der Waals surface area contributed by atoms with Crippen LogP contribution in [0.4, 0.5) is 0 Å². The minimum absolute atomic E-state index is 0.332. The molecule has 60 valence electrons. The van der Waals surface area contributed by atoms with Crippen LogP contribution in [0.2, 0.25) is 0 Å². The minimum Gasteiger partial charge on any atom is -0.0880 e. The van der Waals surface area contributed by atoms with Crippen LogP contribution in [-0.2, 0) is 0 Å². The van der Waals surface area contributed by atoms with Crippen LogP contribution in [0.1, 0.15) is 34.1 Å². The first-order valence-corrected chi connectivity index (χ1v) is 4.88. The number of hydrogen-bond donors (Lipinski definition) is 0. The fourth-order valence-corrected chi connectivity index (χ4v) is 1.41. The van der Waals surface area contributed by atoms with E-state index < -0.39 is 0 Å². The molecule has 0 aromatic heterocycles. The topological polar surface area (TPSA) is 0 Å². The van der Waals surface area contributed by atoms with E-state index >= 15 is 0 Å². The molecule has 0 bridgehead atoms. The second-order valence-corrected chi connectivity index (χ2v) is 4.22. The van der Waals surface area contributed by atoms with Gasteiger partial charge in [-0.2, -0.15) is 0 Å². The second-order valence-electron chi connectivity index (χ2n) is 3.66. The van der Waals surface area contributed by atoms with Crippen LogP contribution in [0.3, 0.4) is 0 Å². The highest BCUT2D eigenvalue weighted by Gasteiger charge is 2.06. The molecular formula is C9H17Br. The Labute approximate surface area is 72.8 Å². The van der Waals surface area contributed by atoms with Gasteiger partial charge in [-0.15, -0.1) is 0 Å². The largest absolute Gasteiger partial charge is 0.0880 e. The van der Waals surface area contributed by atoms with Gasteiger partial charge in [-0.1, -0.05) is 55.3 Å². The van der Waals surface area contributed by atoms with E-state index in [1.807, 2.05) is 0 Å². The van der Waals surface area contributed by atoms with Crippen molar-refractivity contribution in [1.29, 1.82) is 0 Å². The lowest BCUT2D eigenvalue weighted by Gasteiger charge is -2.14. The number of hydrogen-bond acceptors (Lipinski definition) is 0.